The van der Waals surface area contributed by atoms with Crippen LogP contribution in [0.4, 0.5) is 11.5 Å². The van der Waals surface area contributed by atoms with E-state index in [-0.39, 0.29) is 17.2 Å². The van der Waals surface area contributed by atoms with E-state index in [9.17, 15) is 4.79 Å². The zero-order valence-electron chi connectivity index (χ0n) is 7.64. The van der Waals surface area contributed by atoms with Gasteiger partial charge >= 0.3 is 5.97 Å². The Morgan fingerprint density at radius 3 is 3.00 bits per heavy atom. The Labute approximate surface area is 85.1 Å². The standard InChI is InChI=1S/C8H9N5O2/c9-3-4-11-13-5-1-2-6(10)12-7(5)8(14)15/h1-4,9,13H,(H2,10,12)(H,14,15)/b9-3?,11-4-. The summed E-state index contributed by atoms with van der Waals surface area (Å²) in [5.41, 5.74) is 7.79. The highest BCUT2D eigenvalue weighted by molar-refractivity contribution is 6.14. The fraction of sp³-hybridized carbons (Fsp3) is 0. The van der Waals surface area contributed by atoms with Crippen LogP contribution in [0.15, 0.2) is 17.2 Å². The number of pyridine rings is 1. The van der Waals surface area contributed by atoms with Crippen LogP contribution in [0.5, 0.6) is 0 Å². The number of aromatic nitrogens is 1. The minimum Gasteiger partial charge on any atom is -0.476 e. The second kappa shape index (κ2) is 4.70. The van der Waals surface area contributed by atoms with Gasteiger partial charge in [-0.25, -0.2) is 9.78 Å². The second-order valence-corrected chi connectivity index (χ2v) is 2.49. The summed E-state index contributed by atoms with van der Waals surface area (Å²) in [6.07, 6.45) is 2.13. The molecule has 1 rings (SSSR count). The van der Waals surface area contributed by atoms with Crippen molar-refractivity contribution >= 4 is 29.9 Å². The molecule has 5 N–H and O–H groups in total. The summed E-state index contributed by atoms with van der Waals surface area (Å²) in [5.74, 6) is -1.08. The van der Waals surface area contributed by atoms with Gasteiger partial charge in [0, 0.05) is 6.21 Å². The van der Waals surface area contributed by atoms with Gasteiger partial charge in [0.2, 0.25) is 0 Å². The summed E-state index contributed by atoms with van der Waals surface area (Å²) in [5, 5.41) is 19.0. The third kappa shape index (κ3) is 2.76. The lowest BCUT2D eigenvalue weighted by molar-refractivity contribution is 0.0692. The molecule has 1 heterocycles. The minimum absolute atomic E-state index is 0.119. The van der Waals surface area contributed by atoms with Crippen LogP contribution < -0.4 is 11.2 Å². The monoisotopic (exact) mass is 207 g/mol. The van der Waals surface area contributed by atoms with Gasteiger partial charge in [-0.15, -0.1) is 0 Å². The topological polar surface area (TPSA) is 124 Å². The van der Waals surface area contributed by atoms with Crippen LogP contribution in [-0.2, 0) is 0 Å². The summed E-state index contributed by atoms with van der Waals surface area (Å²) in [6.45, 7) is 0. The van der Waals surface area contributed by atoms with Gasteiger partial charge in [-0.1, -0.05) is 0 Å². The van der Waals surface area contributed by atoms with Crippen molar-refractivity contribution in [3.8, 4) is 0 Å². The average Bonchev–Trinajstić information content (AvgIpc) is 2.20. The Kier molecular flexibility index (Phi) is 3.33. The van der Waals surface area contributed by atoms with Crippen LogP contribution in [0.2, 0.25) is 0 Å². The Balaban J connectivity index is 3.00. The van der Waals surface area contributed by atoms with E-state index >= 15 is 0 Å². The smallest absolute Gasteiger partial charge is 0.356 e. The highest BCUT2D eigenvalue weighted by Crippen LogP contribution is 2.14. The number of rotatable bonds is 4. The number of carbonyl (C=O) groups is 1. The number of anilines is 2. The number of carboxylic acid groups (broad SMARTS) is 1. The first-order chi connectivity index (χ1) is 7.15. The molecule has 1 aromatic heterocycles. The molecule has 78 valence electrons. The van der Waals surface area contributed by atoms with Crippen LogP contribution >= 0.6 is 0 Å². The van der Waals surface area contributed by atoms with Crippen LogP contribution in [-0.4, -0.2) is 28.5 Å². The van der Waals surface area contributed by atoms with Crippen molar-refractivity contribution < 1.29 is 9.90 Å². The fourth-order valence-corrected chi connectivity index (χ4v) is 0.872. The molecule has 0 spiro atoms. The Hall–Kier alpha value is -2.44. The number of nitrogens with zero attached hydrogens (tertiary/aromatic N) is 2. The molecule has 7 nitrogen and oxygen atoms in total. The Morgan fingerprint density at radius 1 is 1.67 bits per heavy atom. The molecule has 0 amide bonds. The predicted molar refractivity (Wildman–Crippen MR) is 56.5 cm³/mol. The van der Waals surface area contributed by atoms with Crippen molar-refractivity contribution in [1.29, 1.82) is 5.41 Å². The largest absolute Gasteiger partial charge is 0.476 e. The number of carboxylic acids is 1. The summed E-state index contributed by atoms with van der Waals surface area (Å²) < 4.78 is 0. The van der Waals surface area contributed by atoms with E-state index in [1.807, 2.05) is 0 Å². The van der Waals surface area contributed by atoms with Crippen molar-refractivity contribution in [3.63, 3.8) is 0 Å². The third-order valence-corrected chi connectivity index (χ3v) is 1.45. The number of nitrogens with two attached hydrogens (primary N) is 1. The SMILES string of the molecule is N=C/C=N\Nc1ccc(N)nc1C(=O)O. The first-order valence-electron chi connectivity index (χ1n) is 3.93. The molecule has 0 unspecified atom stereocenters. The van der Waals surface area contributed by atoms with Crippen molar-refractivity contribution in [1.82, 2.24) is 4.98 Å². The maximum absolute atomic E-state index is 10.8. The van der Waals surface area contributed by atoms with E-state index in [1.165, 1.54) is 18.3 Å². The van der Waals surface area contributed by atoms with E-state index in [2.05, 4.69) is 15.5 Å². The van der Waals surface area contributed by atoms with Gasteiger partial charge in [0.25, 0.3) is 0 Å². The second-order valence-electron chi connectivity index (χ2n) is 2.49. The Bertz CT molecular complexity index is 415. The molecular weight excluding hydrogens is 198 g/mol. The first-order valence-corrected chi connectivity index (χ1v) is 3.93. The molecule has 0 atom stereocenters. The molecule has 0 saturated carbocycles. The van der Waals surface area contributed by atoms with Crippen LogP contribution in [0.1, 0.15) is 10.5 Å². The lowest BCUT2D eigenvalue weighted by Gasteiger charge is -2.04. The molecule has 0 aliphatic carbocycles. The molecule has 0 bridgehead atoms. The Morgan fingerprint density at radius 2 is 2.40 bits per heavy atom. The molecule has 0 radical (unpaired) electrons. The van der Waals surface area contributed by atoms with E-state index in [4.69, 9.17) is 16.2 Å². The highest BCUT2D eigenvalue weighted by Gasteiger charge is 2.11. The number of hydrazone groups is 1. The third-order valence-electron chi connectivity index (χ3n) is 1.45. The predicted octanol–water partition coefficient (Wildman–Crippen LogP) is 0.409. The van der Waals surface area contributed by atoms with Crippen LogP contribution in [0.25, 0.3) is 0 Å². The van der Waals surface area contributed by atoms with E-state index in [1.54, 1.807) is 0 Å². The maximum atomic E-state index is 10.8. The number of hydrogen-bond acceptors (Lipinski definition) is 6. The zero-order valence-corrected chi connectivity index (χ0v) is 7.64. The number of nitrogens with one attached hydrogen (secondary N) is 2. The van der Waals surface area contributed by atoms with E-state index in [0.717, 1.165) is 6.21 Å². The lowest BCUT2D eigenvalue weighted by atomic mass is 10.3. The lowest BCUT2D eigenvalue weighted by Crippen LogP contribution is -2.07. The van der Waals surface area contributed by atoms with Crippen molar-refractivity contribution in [3.05, 3.63) is 17.8 Å². The van der Waals surface area contributed by atoms with Crippen LogP contribution in [0, 0.1) is 5.41 Å². The summed E-state index contributed by atoms with van der Waals surface area (Å²) in [7, 11) is 0. The quantitative estimate of drug-likeness (QED) is 0.420. The van der Waals surface area contributed by atoms with Crippen LogP contribution in [0.3, 0.4) is 0 Å². The summed E-state index contributed by atoms with van der Waals surface area (Å²) in [6, 6.07) is 2.90. The summed E-state index contributed by atoms with van der Waals surface area (Å²) >= 11 is 0. The molecule has 0 fully saturated rings. The number of hydrogen-bond donors (Lipinski definition) is 4. The van der Waals surface area contributed by atoms with Gasteiger partial charge in [0.05, 0.1) is 11.9 Å². The average molecular weight is 207 g/mol. The maximum Gasteiger partial charge on any atom is 0.356 e. The van der Waals surface area contributed by atoms with Gasteiger partial charge in [-0.3, -0.25) is 5.43 Å². The molecule has 1 aromatic rings. The normalized spacial score (nSPS) is 10.1. The molecule has 0 aliphatic heterocycles. The van der Waals surface area contributed by atoms with Gasteiger partial charge in [-0.05, 0) is 12.1 Å². The molecule has 7 heteroatoms. The van der Waals surface area contributed by atoms with Gasteiger partial charge < -0.3 is 16.2 Å². The fourth-order valence-electron chi connectivity index (χ4n) is 0.872. The molecule has 0 saturated heterocycles. The molecule has 0 aliphatic rings. The van der Waals surface area contributed by atoms with E-state index in [0.29, 0.717) is 0 Å². The van der Waals surface area contributed by atoms with Gasteiger partial charge in [0.15, 0.2) is 5.69 Å². The van der Waals surface area contributed by atoms with Crippen molar-refractivity contribution in [2.45, 2.75) is 0 Å². The number of nitrogen functional groups attached to an aromatic ring is 1. The zero-order chi connectivity index (χ0) is 11.3. The highest BCUT2D eigenvalue weighted by atomic mass is 16.4. The van der Waals surface area contributed by atoms with Gasteiger partial charge in [-0.2, -0.15) is 5.10 Å². The number of aromatic carboxylic acids is 1. The molecular formula is C8H9N5O2. The summed E-state index contributed by atoms with van der Waals surface area (Å²) in [4.78, 5) is 14.4. The van der Waals surface area contributed by atoms with Crippen molar-refractivity contribution in [2.24, 2.45) is 5.10 Å². The first kappa shape index (κ1) is 10.6. The van der Waals surface area contributed by atoms with E-state index < -0.39 is 5.97 Å². The molecule has 0 aromatic carbocycles. The molecule has 15 heavy (non-hydrogen) atoms. The van der Waals surface area contributed by atoms with Gasteiger partial charge in [0.1, 0.15) is 5.82 Å². The van der Waals surface area contributed by atoms with Crippen molar-refractivity contribution in [2.75, 3.05) is 11.2 Å². The minimum atomic E-state index is -1.20.